The first-order valence-corrected chi connectivity index (χ1v) is 16.2. The van der Waals surface area contributed by atoms with Gasteiger partial charge in [-0.05, 0) is 41.3 Å². The Morgan fingerprint density at radius 2 is 1.34 bits per heavy atom. The van der Waals surface area contributed by atoms with Crippen molar-refractivity contribution in [3.8, 4) is 11.5 Å². The molecule has 9 heteroatoms. The van der Waals surface area contributed by atoms with Crippen LogP contribution in [0.1, 0.15) is 40.5 Å². The van der Waals surface area contributed by atoms with Crippen molar-refractivity contribution < 1.29 is 18.9 Å². The first-order valence-electron chi connectivity index (χ1n) is 15.7. The van der Waals surface area contributed by atoms with Crippen LogP contribution in [0.2, 0.25) is 0 Å². The number of hydrogen-bond acceptors (Lipinski definition) is 7. The fraction of sp³-hybridized carbons (Fsp3) is 0.263. The van der Waals surface area contributed by atoms with Crippen LogP contribution in [0, 0.1) is 6.92 Å². The maximum Gasteiger partial charge on any atom is 0.330 e. The molecule has 0 spiro atoms. The number of aromatic amines is 1. The lowest BCUT2D eigenvalue weighted by atomic mass is 10.0. The van der Waals surface area contributed by atoms with Crippen LogP contribution in [0.15, 0.2) is 125 Å². The Hall–Kier alpha value is -4.57. The molecular formula is C38H38N2O6S. The van der Waals surface area contributed by atoms with E-state index in [4.69, 9.17) is 31.6 Å². The summed E-state index contributed by atoms with van der Waals surface area (Å²) in [6.07, 6.45) is 1.21. The molecule has 0 aliphatic carbocycles. The van der Waals surface area contributed by atoms with Crippen molar-refractivity contribution in [2.45, 2.75) is 63.3 Å². The topological polar surface area (TPSA) is 91.8 Å². The van der Waals surface area contributed by atoms with Crippen LogP contribution in [0.4, 0.5) is 0 Å². The van der Waals surface area contributed by atoms with Gasteiger partial charge in [-0.3, -0.25) is 14.3 Å². The Morgan fingerprint density at radius 1 is 0.787 bits per heavy atom. The highest BCUT2D eigenvalue weighted by atomic mass is 32.1. The summed E-state index contributed by atoms with van der Waals surface area (Å²) >= 11 is 4.89. The Bertz CT molecular complexity index is 1800. The van der Waals surface area contributed by atoms with Gasteiger partial charge in [-0.15, -0.1) is 0 Å². The molecule has 0 bridgehead atoms. The number of rotatable bonds is 13. The van der Waals surface area contributed by atoms with E-state index in [1.54, 1.807) is 13.1 Å². The summed E-state index contributed by atoms with van der Waals surface area (Å²) < 4.78 is 27.0. The van der Waals surface area contributed by atoms with Gasteiger partial charge in [0.15, 0.2) is 0 Å². The Kier molecular flexibility index (Phi) is 10.6. The second-order valence-corrected chi connectivity index (χ2v) is 12.4. The molecular weight excluding hydrogens is 612 g/mol. The van der Waals surface area contributed by atoms with Crippen molar-refractivity contribution in [2.75, 3.05) is 0 Å². The van der Waals surface area contributed by atoms with E-state index in [1.807, 2.05) is 97.1 Å². The monoisotopic (exact) mass is 650 g/mol. The van der Waals surface area contributed by atoms with Crippen molar-refractivity contribution in [1.29, 1.82) is 0 Å². The van der Waals surface area contributed by atoms with Gasteiger partial charge >= 0.3 is 5.69 Å². The summed E-state index contributed by atoms with van der Waals surface area (Å²) in [6.45, 7) is 2.77. The molecule has 1 N–H and O–H groups in total. The summed E-state index contributed by atoms with van der Waals surface area (Å²) in [5.74, 6) is 1.35. The molecule has 0 amide bonds. The lowest BCUT2D eigenvalue weighted by Gasteiger charge is -2.27. The minimum atomic E-state index is -0.583. The van der Waals surface area contributed by atoms with E-state index < -0.39 is 23.6 Å². The molecule has 1 aromatic heterocycles. The molecule has 1 fully saturated rings. The number of H-pyrrole nitrogens is 1. The Labute approximate surface area is 279 Å². The highest BCUT2D eigenvalue weighted by Gasteiger charge is 2.40. The van der Waals surface area contributed by atoms with Gasteiger partial charge in [-0.1, -0.05) is 91.0 Å². The summed E-state index contributed by atoms with van der Waals surface area (Å²) in [5, 5.41) is -0.210. The van der Waals surface area contributed by atoms with Gasteiger partial charge < -0.3 is 18.9 Å². The van der Waals surface area contributed by atoms with Crippen LogP contribution in [-0.2, 0) is 35.7 Å². The van der Waals surface area contributed by atoms with E-state index in [9.17, 15) is 9.59 Å². The van der Waals surface area contributed by atoms with Gasteiger partial charge in [-0.2, -0.15) is 12.6 Å². The standard InChI is InChI=1S/C38H38N2O6S/c1-26-22-40(38(42)39-37(26)41)35-21-34(47)36(46-35)33(19-27-11-5-2-6-12-27)45-25-30-17-31(43-23-28-13-7-3-8-14-28)20-32(18-30)44-24-29-15-9-4-10-16-29/h2-18,20,22,33-36,47H,19,21,23-25H2,1H3,(H,39,41,42)/t33?,34-,35+,36+/m0/s1. The highest BCUT2D eigenvalue weighted by Crippen LogP contribution is 2.35. The number of thiol groups is 1. The lowest BCUT2D eigenvalue weighted by Crippen LogP contribution is -2.37. The van der Waals surface area contributed by atoms with Crippen molar-refractivity contribution in [3.05, 3.63) is 164 Å². The molecule has 4 aromatic carbocycles. The van der Waals surface area contributed by atoms with Crippen LogP contribution in [0.25, 0.3) is 0 Å². The van der Waals surface area contributed by atoms with Crippen LogP contribution >= 0.6 is 12.6 Å². The summed E-state index contributed by atoms with van der Waals surface area (Å²) in [5.41, 5.74) is 3.62. The van der Waals surface area contributed by atoms with E-state index in [1.165, 1.54) is 4.57 Å². The SMILES string of the molecule is Cc1cn([C@H]2C[C@H](S)[C@@H](C(Cc3ccccc3)OCc3cc(OCc4ccccc4)cc(OCc4ccccc4)c3)O2)c(=O)[nH]c1=O. The van der Waals surface area contributed by atoms with Gasteiger partial charge in [0.25, 0.3) is 5.56 Å². The number of nitrogens with zero attached hydrogens (tertiary/aromatic N) is 1. The normalized spacial score (nSPS) is 18.1. The highest BCUT2D eigenvalue weighted by molar-refractivity contribution is 7.81. The van der Waals surface area contributed by atoms with E-state index in [2.05, 4.69) is 17.1 Å². The molecule has 1 saturated heterocycles. The van der Waals surface area contributed by atoms with Crippen LogP contribution < -0.4 is 20.7 Å². The van der Waals surface area contributed by atoms with Crippen LogP contribution in [0.3, 0.4) is 0 Å². The predicted octanol–water partition coefficient (Wildman–Crippen LogP) is 6.42. The van der Waals surface area contributed by atoms with E-state index in [-0.39, 0.29) is 18.0 Å². The number of aryl methyl sites for hydroxylation is 1. The smallest absolute Gasteiger partial charge is 0.330 e. The van der Waals surface area contributed by atoms with Crippen molar-refractivity contribution in [1.82, 2.24) is 9.55 Å². The molecule has 0 saturated carbocycles. The Balaban J connectivity index is 1.23. The largest absolute Gasteiger partial charge is 0.489 e. The van der Waals surface area contributed by atoms with Crippen molar-refractivity contribution in [3.63, 3.8) is 0 Å². The molecule has 1 aliphatic heterocycles. The number of aromatic nitrogens is 2. The maximum atomic E-state index is 12.7. The number of ether oxygens (including phenoxy) is 4. The minimum Gasteiger partial charge on any atom is -0.489 e. The molecule has 47 heavy (non-hydrogen) atoms. The fourth-order valence-corrected chi connectivity index (χ4v) is 6.11. The molecule has 4 atom stereocenters. The fourth-order valence-electron chi connectivity index (χ4n) is 5.66. The van der Waals surface area contributed by atoms with Gasteiger partial charge in [0.05, 0.1) is 18.8 Å². The molecule has 1 unspecified atom stereocenters. The molecule has 8 nitrogen and oxygen atoms in total. The van der Waals surface area contributed by atoms with E-state index in [0.29, 0.717) is 43.1 Å². The summed E-state index contributed by atoms with van der Waals surface area (Å²) in [7, 11) is 0. The van der Waals surface area contributed by atoms with Gasteiger partial charge in [0.1, 0.15) is 30.9 Å². The first kappa shape index (κ1) is 32.4. The second kappa shape index (κ2) is 15.3. The summed E-state index contributed by atoms with van der Waals surface area (Å²) in [6, 6.07) is 35.9. The third-order valence-corrected chi connectivity index (χ3v) is 8.64. The van der Waals surface area contributed by atoms with E-state index >= 15 is 0 Å². The van der Waals surface area contributed by atoms with Crippen molar-refractivity contribution >= 4 is 12.6 Å². The first-order chi connectivity index (χ1) is 22.9. The zero-order chi connectivity index (χ0) is 32.6. The van der Waals surface area contributed by atoms with Crippen molar-refractivity contribution in [2.24, 2.45) is 0 Å². The van der Waals surface area contributed by atoms with Gasteiger partial charge in [-0.25, -0.2) is 4.79 Å². The van der Waals surface area contributed by atoms with Crippen LogP contribution in [-0.4, -0.2) is 27.0 Å². The minimum absolute atomic E-state index is 0.210. The third-order valence-electron chi connectivity index (χ3n) is 8.14. The van der Waals surface area contributed by atoms with Gasteiger partial charge in [0, 0.05) is 35.9 Å². The van der Waals surface area contributed by atoms with E-state index in [0.717, 1.165) is 22.3 Å². The second-order valence-electron chi connectivity index (χ2n) is 11.7. The average Bonchev–Trinajstić information content (AvgIpc) is 3.48. The van der Waals surface area contributed by atoms with Gasteiger partial charge in [0.2, 0.25) is 0 Å². The molecule has 5 aromatic rings. The molecule has 0 radical (unpaired) electrons. The zero-order valence-electron chi connectivity index (χ0n) is 26.2. The lowest BCUT2D eigenvalue weighted by molar-refractivity contribution is -0.0909. The molecule has 2 heterocycles. The predicted molar refractivity (Wildman–Crippen MR) is 184 cm³/mol. The molecule has 6 rings (SSSR count). The number of hydrogen-bond donors (Lipinski definition) is 2. The third kappa shape index (κ3) is 8.62. The quantitative estimate of drug-likeness (QED) is 0.143. The average molecular weight is 651 g/mol. The zero-order valence-corrected chi connectivity index (χ0v) is 27.1. The summed E-state index contributed by atoms with van der Waals surface area (Å²) in [4.78, 5) is 27.0. The maximum absolute atomic E-state index is 12.7. The molecule has 1 aliphatic rings. The Morgan fingerprint density at radius 3 is 1.91 bits per heavy atom. The number of benzene rings is 4. The molecule has 242 valence electrons. The van der Waals surface area contributed by atoms with Crippen LogP contribution in [0.5, 0.6) is 11.5 Å². The number of nitrogens with one attached hydrogen (secondary N) is 1.